The monoisotopic (exact) mass is 366 g/mol. The van der Waals surface area contributed by atoms with E-state index in [1.165, 1.54) is 10.6 Å². The van der Waals surface area contributed by atoms with Gasteiger partial charge in [-0.05, 0) is 45.0 Å². The summed E-state index contributed by atoms with van der Waals surface area (Å²) in [6, 6.07) is 14.4. The third kappa shape index (κ3) is 4.73. The van der Waals surface area contributed by atoms with Gasteiger partial charge in [-0.2, -0.15) is 0 Å². The average Bonchev–Trinajstić information content (AvgIpc) is 3.00. The van der Waals surface area contributed by atoms with Gasteiger partial charge in [-0.25, -0.2) is 9.55 Å². The summed E-state index contributed by atoms with van der Waals surface area (Å²) in [5.74, 6) is 0. The van der Waals surface area contributed by atoms with Crippen molar-refractivity contribution in [3.8, 4) is 0 Å². The molecule has 0 amide bonds. The Kier molecular flexibility index (Phi) is 6.07. The molecule has 0 aliphatic carbocycles. The predicted octanol–water partition coefficient (Wildman–Crippen LogP) is 4.99. The van der Waals surface area contributed by atoms with Gasteiger partial charge in [0.15, 0.2) is 18.9 Å². The Morgan fingerprint density at radius 2 is 1.77 bits per heavy atom. The lowest BCUT2D eigenvalue weighted by Crippen LogP contribution is -2.40. The summed E-state index contributed by atoms with van der Waals surface area (Å²) >= 11 is 1.57. The van der Waals surface area contributed by atoms with E-state index in [-0.39, 0.29) is 0 Å². The standard InChI is InChI=1S/C20H24N5S/c1-4-25(15-14-24-12-6-5-7-13-24)19-10-8-18(9-11-19)22-23-20-21-16(2)17(3)26-20/h5-13H,4,14-15H2,1-3H3/q+1. The van der Waals surface area contributed by atoms with Gasteiger partial charge in [0.2, 0.25) is 5.13 Å². The van der Waals surface area contributed by atoms with E-state index in [4.69, 9.17) is 0 Å². The molecule has 0 spiro atoms. The number of aryl methyl sites for hydroxylation is 2. The lowest BCUT2D eigenvalue weighted by molar-refractivity contribution is -0.694. The zero-order valence-corrected chi connectivity index (χ0v) is 16.3. The van der Waals surface area contributed by atoms with Crippen molar-refractivity contribution in [2.24, 2.45) is 10.2 Å². The summed E-state index contributed by atoms with van der Waals surface area (Å²) in [6.45, 7) is 9.10. The summed E-state index contributed by atoms with van der Waals surface area (Å²) in [5, 5.41) is 9.25. The number of benzene rings is 1. The van der Waals surface area contributed by atoms with E-state index in [2.05, 4.69) is 68.3 Å². The summed E-state index contributed by atoms with van der Waals surface area (Å²) in [4.78, 5) is 7.93. The number of anilines is 1. The summed E-state index contributed by atoms with van der Waals surface area (Å²) < 4.78 is 2.20. The van der Waals surface area contributed by atoms with Crippen LogP contribution in [0.2, 0.25) is 0 Å². The molecule has 2 aromatic heterocycles. The highest BCUT2D eigenvalue weighted by atomic mass is 32.1. The Balaban J connectivity index is 1.63. The first kappa shape index (κ1) is 18.2. The molecule has 0 N–H and O–H groups in total. The zero-order valence-electron chi connectivity index (χ0n) is 15.5. The quantitative estimate of drug-likeness (QED) is 0.437. The number of aromatic nitrogens is 2. The maximum atomic E-state index is 4.39. The number of likely N-dealkylation sites (N-methyl/N-ethyl adjacent to an activating group) is 1. The highest BCUT2D eigenvalue weighted by Gasteiger charge is 2.07. The normalized spacial score (nSPS) is 11.2. The lowest BCUT2D eigenvalue weighted by atomic mass is 10.2. The van der Waals surface area contributed by atoms with E-state index in [0.717, 1.165) is 31.0 Å². The van der Waals surface area contributed by atoms with E-state index < -0.39 is 0 Å². The summed E-state index contributed by atoms with van der Waals surface area (Å²) in [7, 11) is 0. The average molecular weight is 367 g/mol. The maximum Gasteiger partial charge on any atom is 0.230 e. The minimum absolute atomic E-state index is 0.708. The molecule has 0 fully saturated rings. The molecule has 5 nitrogen and oxygen atoms in total. The van der Waals surface area contributed by atoms with Gasteiger partial charge in [-0.3, -0.25) is 0 Å². The van der Waals surface area contributed by atoms with Crippen molar-refractivity contribution in [3.05, 3.63) is 65.4 Å². The van der Waals surface area contributed by atoms with Crippen LogP contribution in [0.25, 0.3) is 0 Å². The van der Waals surface area contributed by atoms with Crippen LogP contribution in [0.15, 0.2) is 65.1 Å². The number of pyridine rings is 1. The predicted molar refractivity (Wildman–Crippen MR) is 107 cm³/mol. The number of hydrogen-bond acceptors (Lipinski definition) is 5. The van der Waals surface area contributed by atoms with Gasteiger partial charge >= 0.3 is 0 Å². The molecular weight excluding hydrogens is 342 g/mol. The Morgan fingerprint density at radius 1 is 1.04 bits per heavy atom. The van der Waals surface area contributed by atoms with Crippen molar-refractivity contribution >= 4 is 27.8 Å². The molecule has 1 aromatic carbocycles. The fourth-order valence-corrected chi connectivity index (χ4v) is 3.35. The van der Waals surface area contributed by atoms with Gasteiger partial charge in [-0.1, -0.05) is 17.4 Å². The van der Waals surface area contributed by atoms with Crippen LogP contribution in [-0.4, -0.2) is 18.1 Å². The Bertz CT molecular complexity index is 836. The van der Waals surface area contributed by atoms with Crippen molar-refractivity contribution in [1.29, 1.82) is 0 Å². The van der Waals surface area contributed by atoms with Gasteiger partial charge in [0.25, 0.3) is 0 Å². The van der Waals surface area contributed by atoms with Crippen LogP contribution in [0.1, 0.15) is 17.5 Å². The van der Waals surface area contributed by atoms with Crippen LogP contribution in [0, 0.1) is 13.8 Å². The van der Waals surface area contributed by atoms with E-state index in [1.54, 1.807) is 11.3 Å². The van der Waals surface area contributed by atoms with Crippen LogP contribution in [-0.2, 0) is 6.54 Å². The molecule has 2 heterocycles. The molecule has 0 radical (unpaired) electrons. The van der Waals surface area contributed by atoms with E-state index in [1.807, 2.05) is 32.0 Å². The molecule has 134 valence electrons. The molecule has 0 bridgehead atoms. The fourth-order valence-electron chi connectivity index (χ4n) is 2.62. The largest absolute Gasteiger partial charge is 0.365 e. The molecular formula is C20H24N5S+. The van der Waals surface area contributed by atoms with Gasteiger partial charge in [0, 0.05) is 29.2 Å². The minimum Gasteiger partial charge on any atom is -0.365 e. The number of hydrogen-bond donors (Lipinski definition) is 0. The van der Waals surface area contributed by atoms with Crippen LogP contribution < -0.4 is 9.47 Å². The molecule has 3 aromatic rings. The Labute approximate surface area is 158 Å². The lowest BCUT2D eigenvalue weighted by Gasteiger charge is -2.21. The number of nitrogens with zero attached hydrogens (tertiary/aromatic N) is 5. The van der Waals surface area contributed by atoms with Gasteiger partial charge in [0.05, 0.1) is 17.9 Å². The minimum atomic E-state index is 0.708. The molecule has 0 aliphatic heterocycles. The first-order valence-corrected chi connectivity index (χ1v) is 9.62. The first-order valence-electron chi connectivity index (χ1n) is 8.80. The molecule has 26 heavy (non-hydrogen) atoms. The van der Waals surface area contributed by atoms with Crippen molar-refractivity contribution in [1.82, 2.24) is 4.98 Å². The summed E-state index contributed by atoms with van der Waals surface area (Å²) in [5.41, 5.74) is 3.06. The van der Waals surface area contributed by atoms with Gasteiger partial charge < -0.3 is 4.90 Å². The molecule has 0 atom stereocenters. The molecule has 3 rings (SSSR count). The molecule has 0 aliphatic rings. The topological polar surface area (TPSA) is 44.7 Å². The maximum absolute atomic E-state index is 4.39. The Hall–Kier alpha value is -2.60. The molecule has 0 saturated heterocycles. The van der Waals surface area contributed by atoms with Crippen LogP contribution in [0.5, 0.6) is 0 Å². The number of rotatable bonds is 7. The highest BCUT2D eigenvalue weighted by molar-refractivity contribution is 7.15. The SMILES string of the molecule is CCN(CC[n+]1ccccc1)c1ccc(N=Nc2nc(C)c(C)s2)cc1. The molecule has 0 unspecified atom stereocenters. The second-order valence-corrected chi connectivity index (χ2v) is 7.23. The van der Waals surface area contributed by atoms with E-state index in [9.17, 15) is 0 Å². The van der Waals surface area contributed by atoms with Crippen LogP contribution in [0.4, 0.5) is 16.5 Å². The van der Waals surface area contributed by atoms with Crippen molar-refractivity contribution in [2.75, 3.05) is 18.0 Å². The third-order valence-corrected chi connectivity index (χ3v) is 5.23. The van der Waals surface area contributed by atoms with Crippen LogP contribution >= 0.6 is 11.3 Å². The summed E-state index contributed by atoms with van der Waals surface area (Å²) in [6.07, 6.45) is 4.19. The number of azo groups is 1. The fraction of sp³-hybridized carbons (Fsp3) is 0.300. The third-order valence-electron chi connectivity index (χ3n) is 4.27. The molecule has 6 heteroatoms. The highest BCUT2D eigenvalue weighted by Crippen LogP contribution is 2.26. The van der Waals surface area contributed by atoms with Gasteiger partial charge in [-0.15, -0.1) is 10.2 Å². The first-order chi connectivity index (χ1) is 12.7. The number of thiazole rings is 1. The van der Waals surface area contributed by atoms with Crippen molar-refractivity contribution < 1.29 is 4.57 Å². The zero-order chi connectivity index (χ0) is 18.4. The Morgan fingerprint density at radius 3 is 2.38 bits per heavy atom. The van der Waals surface area contributed by atoms with E-state index >= 15 is 0 Å². The van der Waals surface area contributed by atoms with Crippen molar-refractivity contribution in [2.45, 2.75) is 27.3 Å². The molecule has 0 saturated carbocycles. The second kappa shape index (κ2) is 8.67. The van der Waals surface area contributed by atoms with Gasteiger partial charge in [0.1, 0.15) is 0 Å². The van der Waals surface area contributed by atoms with Crippen molar-refractivity contribution in [3.63, 3.8) is 0 Å². The van der Waals surface area contributed by atoms with E-state index in [0.29, 0.717) is 5.13 Å². The van der Waals surface area contributed by atoms with Crippen LogP contribution in [0.3, 0.4) is 0 Å². The smallest absolute Gasteiger partial charge is 0.230 e. The second-order valence-electron chi connectivity index (χ2n) is 6.05.